The van der Waals surface area contributed by atoms with E-state index in [1.165, 1.54) is 11.1 Å². The monoisotopic (exact) mass is 432 g/mol. The molecule has 1 aliphatic carbocycles. The summed E-state index contributed by atoms with van der Waals surface area (Å²) in [5, 5.41) is 4.44. The van der Waals surface area contributed by atoms with Crippen molar-refractivity contribution in [1.82, 2.24) is 10.3 Å². The van der Waals surface area contributed by atoms with Gasteiger partial charge in [-0.3, -0.25) is 9.69 Å². The Labute approximate surface area is 190 Å². The highest BCUT2D eigenvalue weighted by atomic mass is 16.5. The second kappa shape index (κ2) is 11.1. The highest BCUT2D eigenvalue weighted by Crippen LogP contribution is 2.32. The predicted octanol–water partition coefficient (Wildman–Crippen LogP) is 3.38. The van der Waals surface area contributed by atoms with E-state index in [2.05, 4.69) is 51.8 Å². The number of nitrogens with two attached hydrogens (primary N) is 1. The number of anilines is 1. The molecule has 1 heterocycles. The Bertz CT molecular complexity index is 949. The molecule has 0 saturated carbocycles. The van der Waals surface area contributed by atoms with Gasteiger partial charge in [0.2, 0.25) is 6.41 Å². The summed E-state index contributed by atoms with van der Waals surface area (Å²) in [6, 6.07) is 16.8. The van der Waals surface area contributed by atoms with E-state index in [-0.39, 0.29) is 5.92 Å². The van der Waals surface area contributed by atoms with Crippen molar-refractivity contribution >= 4 is 17.8 Å². The van der Waals surface area contributed by atoms with Gasteiger partial charge in [0.25, 0.3) is 0 Å². The van der Waals surface area contributed by atoms with Crippen LogP contribution in [0.5, 0.6) is 0 Å². The third-order valence-corrected chi connectivity index (χ3v) is 6.37. The molecule has 1 aliphatic heterocycles. The van der Waals surface area contributed by atoms with Gasteiger partial charge in [0.15, 0.2) is 0 Å². The molecule has 2 atom stereocenters. The minimum absolute atomic E-state index is 0.210. The second-order valence-corrected chi connectivity index (χ2v) is 8.59. The van der Waals surface area contributed by atoms with E-state index < -0.39 is 0 Å². The molecular weight excluding hydrogens is 400 g/mol. The van der Waals surface area contributed by atoms with Gasteiger partial charge >= 0.3 is 0 Å². The summed E-state index contributed by atoms with van der Waals surface area (Å²) in [5.74, 6) is 0.612. The number of hydrogen-bond acceptors (Lipinski definition) is 5. The minimum atomic E-state index is 0.210. The van der Waals surface area contributed by atoms with Crippen molar-refractivity contribution in [2.24, 2.45) is 16.9 Å². The van der Waals surface area contributed by atoms with Crippen molar-refractivity contribution in [3.05, 3.63) is 77.4 Å². The lowest BCUT2D eigenvalue weighted by molar-refractivity contribution is -0.109. The average Bonchev–Trinajstić information content (AvgIpc) is 2.82. The van der Waals surface area contributed by atoms with Crippen LogP contribution in [0.3, 0.4) is 0 Å². The van der Waals surface area contributed by atoms with Gasteiger partial charge in [-0.2, -0.15) is 5.10 Å². The van der Waals surface area contributed by atoms with Crippen molar-refractivity contribution in [2.45, 2.75) is 25.8 Å². The van der Waals surface area contributed by atoms with Gasteiger partial charge < -0.3 is 10.5 Å². The number of rotatable bonds is 8. The van der Waals surface area contributed by atoms with Crippen molar-refractivity contribution in [1.29, 1.82) is 0 Å². The number of nitrogens with one attached hydrogen (secondary N) is 1. The molecule has 32 heavy (non-hydrogen) atoms. The molecule has 0 aromatic heterocycles. The van der Waals surface area contributed by atoms with Crippen molar-refractivity contribution < 1.29 is 9.53 Å². The summed E-state index contributed by atoms with van der Waals surface area (Å²) in [5.41, 5.74) is 13.8. The number of allylic oxidation sites excluding steroid dienone is 2. The number of carbonyl (C=O) groups excluding carboxylic acids is 1. The molecule has 6 nitrogen and oxygen atoms in total. The lowest BCUT2D eigenvalue weighted by atomic mass is 9.75. The Hall–Kier alpha value is -2.96. The topological polar surface area (TPSA) is 79.9 Å². The molecule has 168 valence electrons. The normalized spacial score (nSPS) is 21.9. The van der Waals surface area contributed by atoms with Crippen LogP contribution in [0.1, 0.15) is 29.5 Å². The van der Waals surface area contributed by atoms with E-state index >= 15 is 0 Å². The molecule has 0 bridgehead atoms. The summed E-state index contributed by atoms with van der Waals surface area (Å²) in [6.07, 6.45) is 7.95. The number of carbonyl (C=O) groups is 1. The Kier molecular flexibility index (Phi) is 7.69. The molecule has 4 rings (SSSR count). The Balaban J connectivity index is 1.48. The average molecular weight is 433 g/mol. The molecule has 2 aromatic rings. The second-order valence-electron chi connectivity index (χ2n) is 8.59. The Morgan fingerprint density at radius 1 is 1.09 bits per heavy atom. The van der Waals surface area contributed by atoms with E-state index in [1.54, 1.807) is 0 Å². The highest BCUT2D eigenvalue weighted by molar-refractivity contribution is 6.03. The first-order valence-electron chi connectivity index (χ1n) is 11.4. The summed E-state index contributed by atoms with van der Waals surface area (Å²) < 4.78 is 5.45. The summed E-state index contributed by atoms with van der Waals surface area (Å²) >= 11 is 0. The zero-order valence-corrected chi connectivity index (χ0v) is 18.5. The smallest absolute Gasteiger partial charge is 0.227 e. The number of ether oxygens (including phenoxy) is 1. The number of morpholine rings is 1. The molecule has 6 heteroatoms. The molecule has 1 fully saturated rings. The van der Waals surface area contributed by atoms with Crippen LogP contribution < -0.4 is 11.2 Å². The minimum Gasteiger partial charge on any atom is -0.399 e. The fraction of sp³-hybridized carbons (Fsp3) is 0.385. The van der Waals surface area contributed by atoms with E-state index in [1.807, 2.05) is 24.3 Å². The first-order valence-corrected chi connectivity index (χ1v) is 11.4. The quantitative estimate of drug-likeness (QED) is 0.220. The largest absolute Gasteiger partial charge is 0.399 e. The zero-order valence-electron chi connectivity index (χ0n) is 18.5. The van der Waals surface area contributed by atoms with Crippen molar-refractivity contribution in [2.75, 3.05) is 32.0 Å². The molecule has 3 N–H and O–H groups in total. The standard InChI is InChI=1S/C26H32N4O2/c27-24-6-3-5-23(17-24)26(29-28-19-31)25-7-2-1-4-22(25)16-20-8-10-21(11-9-20)18-30-12-14-32-15-13-30/h1-3,5-6,8-11,17,19,22,25H,4,7,12-16,18,27H2,(H,28,31)/b29-26-. The first-order chi connectivity index (χ1) is 15.7. The Morgan fingerprint density at radius 2 is 1.84 bits per heavy atom. The molecular formula is C26H32N4O2. The molecule has 0 radical (unpaired) electrons. The van der Waals surface area contributed by atoms with Gasteiger partial charge in [-0.15, -0.1) is 0 Å². The molecule has 2 aromatic carbocycles. The SMILES string of the molecule is Nc1cccc(/C(=N/NC=O)C2CC=CCC2Cc2ccc(CN3CCOCC3)cc2)c1. The molecule has 1 amide bonds. The lowest BCUT2D eigenvalue weighted by Gasteiger charge is -2.30. The van der Waals surface area contributed by atoms with Crippen LogP contribution in [-0.4, -0.2) is 43.3 Å². The number of amides is 1. The van der Waals surface area contributed by atoms with Crippen LogP contribution in [0.25, 0.3) is 0 Å². The van der Waals surface area contributed by atoms with Crippen LogP contribution in [0.15, 0.2) is 65.8 Å². The highest BCUT2D eigenvalue weighted by Gasteiger charge is 2.28. The van der Waals surface area contributed by atoms with Crippen molar-refractivity contribution in [3.63, 3.8) is 0 Å². The van der Waals surface area contributed by atoms with E-state index in [9.17, 15) is 4.79 Å². The predicted molar refractivity (Wildman–Crippen MR) is 128 cm³/mol. The first kappa shape index (κ1) is 22.2. The maximum atomic E-state index is 11.0. The van der Waals surface area contributed by atoms with Crippen LogP contribution in [0, 0.1) is 11.8 Å². The number of benzene rings is 2. The van der Waals surface area contributed by atoms with Crippen molar-refractivity contribution in [3.8, 4) is 0 Å². The van der Waals surface area contributed by atoms with E-state index in [0.717, 1.165) is 63.4 Å². The van der Waals surface area contributed by atoms with Gasteiger partial charge in [0.1, 0.15) is 0 Å². The van der Waals surface area contributed by atoms with E-state index in [0.29, 0.717) is 18.0 Å². The van der Waals surface area contributed by atoms with Gasteiger partial charge in [-0.05, 0) is 48.4 Å². The molecule has 0 spiro atoms. The lowest BCUT2D eigenvalue weighted by Crippen LogP contribution is -2.35. The molecule has 1 saturated heterocycles. The molecule has 2 unspecified atom stereocenters. The maximum absolute atomic E-state index is 11.0. The molecule has 2 aliphatic rings. The number of nitrogens with zero attached hydrogens (tertiary/aromatic N) is 2. The number of hydrazone groups is 1. The summed E-state index contributed by atoms with van der Waals surface area (Å²) in [7, 11) is 0. The Morgan fingerprint density at radius 3 is 2.59 bits per heavy atom. The van der Waals surface area contributed by atoms with Crippen LogP contribution >= 0.6 is 0 Å². The fourth-order valence-electron chi connectivity index (χ4n) is 4.69. The third-order valence-electron chi connectivity index (χ3n) is 6.37. The van der Waals surface area contributed by atoms with Crippen LogP contribution in [0.2, 0.25) is 0 Å². The van der Waals surface area contributed by atoms with Gasteiger partial charge in [0.05, 0.1) is 18.9 Å². The number of nitrogen functional groups attached to an aromatic ring is 1. The maximum Gasteiger partial charge on any atom is 0.227 e. The van der Waals surface area contributed by atoms with E-state index in [4.69, 9.17) is 10.5 Å². The third kappa shape index (κ3) is 5.84. The van der Waals surface area contributed by atoms with Gasteiger partial charge in [-0.1, -0.05) is 48.6 Å². The van der Waals surface area contributed by atoms with Crippen LogP contribution in [0.4, 0.5) is 5.69 Å². The summed E-state index contributed by atoms with van der Waals surface area (Å²) in [6.45, 7) is 4.62. The fourth-order valence-corrected chi connectivity index (χ4v) is 4.69. The van der Waals surface area contributed by atoms with Gasteiger partial charge in [0, 0.05) is 36.8 Å². The number of hydrogen-bond donors (Lipinski definition) is 2. The summed E-state index contributed by atoms with van der Waals surface area (Å²) in [4.78, 5) is 13.4. The van der Waals surface area contributed by atoms with Crippen LogP contribution in [-0.2, 0) is 22.5 Å². The zero-order chi connectivity index (χ0) is 22.2. The van der Waals surface area contributed by atoms with Gasteiger partial charge in [-0.25, -0.2) is 5.43 Å².